The summed E-state index contributed by atoms with van der Waals surface area (Å²) >= 11 is 0. The second-order valence-corrected chi connectivity index (χ2v) is 5.22. The van der Waals surface area contributed by atoms with Crippen molar-refractivity contribution >= 4 is 17.5 Å². The zero-order chi connectivity index (χ0) is 18.9. The second-order valence-electron chi connectivity index (χ2n) is 5.22. The third-order valence-electron chi connectivity index (χ3n) is 3.23. The first-order valence-corrected chi connectivity index (χ1v) is 7.58. The van der Waals surface area contributed by atoms with E-state index < -0.39 is 23.4 Å². The molecule has 0 radical (unpaired) electrons. The fourth-order valence-corrected chi connectivity index (χ4v) is 1.95. The number of halogens is 2. The van der Waals surface area contributed by atoms with Crippen LogP contribution in [0.3, 0.4) is 0 Å². The summed E-state index contributed by atoms with van der Waals surface area (Å²) in [6.07, 6.45) is 0.286. The molecule has 0 aromatic heterocycles. The van der Waals surface area contributed by atoms with E-state index in [1.165, 1.54) is 6.07 Å². The molecule has 0 saturated heterocycles. The average Bonchev–Trinajstić information content (AvgIpc) is 2.63. The minimum Gasteiger partial charge on any atom is -0.484 e. The van der Waals surface area contributed by atoms with E-state index in [1.807, 2.05) is 6.07 Å². The van der Waals surface area contributed by atoms with Gasteiger partial charge in [0.2, 0.25) is 5.91 Å². The Morgan fingerprint density at radius 1 is 1.04 bits per heavy atom. The lowest BCUT2D eigenvalue weighted by Gasteiger charge is -2.09. The highest BCUT2D eigenvalue weighted by molar-refractivity contribution is 5.94. The van der Waals surface area contributed by atoms with E-state index in [2.05, 4.69) is 10.6 Å². The summed E-state index contributed by atoms with van der Waals surface area (Å²) in [5.41, 5.74) is 0.912. The number of anilines is 1. The Morgan fingerprint density at radius 3 is 2.42 bits per heavy atom. The number of carbonyl (C=O) groups is 2. The molecule has 2 aromatic rings. The topological polar surface area (TPSA) is 91.2 Å². The maximum absolute atomic E-state index is 13.0. The lowest BCUT2D eigenvalue weighted by Crippen LogP contribution is -2.35. The molecule has 0 aliphatic heterocycles. The first-order valence-electron chi connectivity index (χ1n) is 7.58. The van der Waals surface area contributed by atoms with Gasteiger partial charge in [-0.15, -0.1) is 0 Å². The van der Waals surface area contributed by atoms with Crippen LogP contribution in [0, 0.1) is 23.0 Å². The summed E-state index contributed by atoms with van der Waals surface area (Å²) in [6.45, 7) is -0.641. The summed E-state index contributed by atoms with van der Waals surface area (Å²) < 4.78 is 31.1. The third-order valence-corrected chi connectivity index (χ3v) is 3.23. The summed E-state index contributed by atoms with van der Waals surface area (Å²) in [7, 11) is 0. The number of nitriles is 1. The van der Waals surface area contributed by atoms with Crippen molar-refractivity contribution in [2.45, 2.75) is 6.42 Å². The van der Waals surface area contributed by atoms with Gasteiger partial charge in [-0.1, -0.05) is 12.1 Å². The molecule has 8 heteroatoms. The number of benzene rings is 2. The smallest absolute Gasteiger partial charge is 0.258 e. The monoisotopic (exact) mass is 359 g/mol. The van der Waals surface area contributed by atoms with Crippen molar-refractivity contribution in [3.05, 3.63) is 59.7 Å². The fourth-order valence-electron chi connectivity index (χ4n) is 1.95. The molecule has 0 spiro atoms. The summed E-state index contributed by atoms with van der Waals surface area (Å²) in [4.78, 5) is 23.3. The van der Waals surface area contributed by atoms with Crippen LogP contribution in [0.25, 0.3) is 0 Å². The van der Waals surface area contributed by atoms with Crippen molar-refractivity contribution in [2.75, 3.05) is 18.5 Å². The molecular weight excluding hydrogens is 344 g/mol. The Hall–Kier alpha value is -3.47. The predicted molar refractivity (Wildman–Crippen MR) is 89.3 cm³/mol. The molecule has 2 amide bonds. The lowest BCUT2D eigenvalue weighted by atomic mass is 10.2. The summed E-state index contributed by atoms with van der Waals surface area (Å²) in [5.74, 6) is -2.76. The second kappa shape index (κ2) is 9.13. The van der Waals surface area contributed by atoms with Crippen molar-refractivity contribution < 1.29 is 23.1 Å². The van der Waals surface area contributed by atoms with E-state index in [0.717, 1.165) is 17.7 Å². The lowest BCUT2D eigenvalue weighted by molar-refractivity contribution is -0.125. The predicted octanol–water partition coefficient (Wildman–Crippen LogP) is 2.16. The van der Waals surface area contributed by atoms with Crippen molar-refractivity contribution in [1.29, 1.82) is 5.26 Å². The van der Waals surface area contributed by atoms with E-state index >= 15 is 0 Å². The highest BCUT2D eigenvalue weighted by Crippen LogP contribution is 2.13. The van der Waals surface area contributed by atoms with Crippen LogP contribution in [0.2, 0.25) is 0 Å². The van der Waals surface area contributed by atoms with E-state index in [1.54, 1.807) is 24.3 Å². The molecule has 0 atom stereocenters. The van der Waals surface area contributed by atoms with Crippen molar-refractivity contribution in [3.8, 4) is 11.8 Å². The van der Waals surface area contributed by atoms with Gasteiger partial charge >= 0.3 is 0 Å². The van der Waals surface area contributed by atoms with Gasteiger partial charge in [0.1, 0.15) is 5.75 Å². The Balaban J connectivity index is 1.73. The van der Waals surface area contributed by atoms with Crippen LogP contribution < -0.4 is 15.4 Å². The summed E-state index contributed by atoms with van der Waals surface area (Å²) in [6, 6.07) is 11.7. The minimum absolute atomic E-state index is 0.0804. The molecule has 0 unspecified atom stereocenters. The van der Waals surface area contributed by atoms with Crippen LogP contribution in [0.15, 0.2) is 42.5 Å². The van der Waals surface area contributed by atoms with E-state index in [-0.39, 0.29) is 25.3 Å². The van der Waals surface area contributed by atoms with Gasteiger partial charge in [0.25, 0.3) is 5.91 Å². The van der Waals surface area contributed by atoms with Crippen molar-refractivity contribution in [3.63, 3.8) is 0 Å². The highest BCUT2D eigenvalue weighted by Gasteiger charge is 2.09. The maximum atomic E-state index is 13.0. The molecule has 0 saturated carbocycles. The molecule has 134 valence electrons. The molecule has 2 N–H and O–H groups in total. The van der Waals surface area contributed by atoms with Crippen molar-refractivity contribution in [2.24, 2.45) is 0 Å². The third kappa shape index (κ3) is 5.87. The quantitative estimate of drug-likeness (QED) is 0.793. The van der Waals surface area contributed by atoms with Gasteiger partial charge in [0.15, 0.2) is 18.2 Å². The molecule has 0 bridgehead atoms. The molecule has 2 aromatic carbocycles. The zero-order valence-corrected chi connectivity index (χ0v) is 13.6. The Labute approximate surface area is 148 Å². The fraction of sp³-hybridized carbons (Fsp3) is 0.167. The number of nitrogens with one attached hydrogen (secondary N) is 2. The molecule has 0 fully saturated rings. The highest BCUT2D eigenvalue weighted by atomic mass is 19.2. The van der Waals surface area contributed by atoms with Crippen LogP contribution in [0.5, 0.6) is 5.75 Å². The molecule has 0 aliphatic carbocycles. The maximum Gasteiger partial charge on any atom is 0.258 e. The Morgan fingerprint density at radius 2 is 1.77 bits per heavy atom. The normalized spacial score (nSPS) is 9.88. The number of hydrogen-bond acceptors (Lipinski definition) is 4. The molecule has 2 rings (SSSR count). The Bertz CT molecular complexity index is 833. The largest absolute Gasteiger partial charge is 0.484 e. The number of ether oxygens (including phenoxy) is 1. The number of nitrogens with zero attached hydrogens (tertiary/aromatic N) is 1. The molecule has 0 aliphatic rings. The standard InChI is InChI=1S/C18H15F2N3O3/c19-15-6-3-13(9-16(15)20)23-17(24)10-22-18(25)11-26-14-4-1-12(2-5-14)7-8-21/h1-6,9H,7,10-11H2,(H,22,25)(H,23,24). The summed E-state index contributed by atoms with van der Waals surface area (Å²) in [5, 5.41) is 13.3. The number of amides is 2. The first kappa shape index (κ1) is 18.9. The van der Waals surface area contributed by atoms with E-state index in [4.69, 9.17) is 10.00 Å². The van der Waals surface area contributed by atoms with Gasteiger partial charge in [-0.05, 0) is 29.8 Å². The SMILES string of the molecule is N#CCc1ccc(OCC(=O)NCC(=O)Nc2ccc(F)c(F)c2)cc1. The van der Waals surface area contributed by atoms with Gasteiger partial charge < -0.3 is 15.4 Å². The first-order chi connectivity index (χ1) is 12.5. The van der Waals surface area contributed by atoms with Crippen molar-refractivity contribution in [1.82, 2.24) is 5.32 Å². The number of rotatable bonds is 7. The number of carbonyl (C=O) groups excluding carboxylic acids is 2. The van der Waals surface area contributed by atoms with Crippen LogP contribution >= 0.6 is 0 Å². The van der Waals surface area contributed by atoms with Gasteiger partial charge in [-0.3, -0.25) is 9.59 Å². The van der Waals surface area contributed by atoms with Crippen LogP contribution in [-0.4, -0.2) is 25.0 Å². The van der Waals surface area contributed by atoms with Gasteiger partial charge in [-0.25, -0.2) is 8.78 Å². The van der Waals surface area contributed by atoms with Gasteiger partial charge in [0, 0.05) is 11.8 Å². The Kier molecular flexibility index (Phi) is 6.62. The number of hydrogen-bond donors (Lipinski definition) is 2. The molecular formula is C18H15F2N3O3. The molecule has 26 heavy (non-hydrogen) atoms. The minimum atomic E-state index is -1.08. The molecule has 6 nitrogen and oxygen atoms in total. The average molecular weight is 359 g/mol. The van der Waals surface area contributed by atoms with E-state index in [0.29, 0.717) is 5.75 Å². The van der Waals surface area contributed by atoms with Crippen LogP contribution in [0.1, 0.15) is 5.56 Å². The van der Waals surface area contributed by atoms with Gasteiger partial charge in [0.05, 0.1) is 19.0 Å². The van der Waals surface area contributed by atoms with Crippen LogP contribution in [0.4, 0.5) is 14.5 Å². The zero-order valence-electron chi connectivity index (χ0n) is 13.6. The van der Waals surface area contributed by atoms with E-state index in [9.17, 15) is 18.4 Å². The molecule has 0 heterocycles. The van der Waals surface area contributed by atoms with Gasteiger partial charge in [-0.2, -0.15) is 5.26 Å². The van der Waals surface area contributed by atoms with Crippen LogP contribution in [-0.2, 0) is 16.0 Å².